The van der Waals surface area contributed by atoms with Crippen LogP contribution in [0.3, 0.4) is 0 Å². The normalized spacial score (nSPS) is 17.8. The van der Waals surface area contributed by atoms with Crippen LogP contribution in [0.1, 0.15) is 0 Å². The number of anilines is 1. The minimum absolute atomic E-state index is 0.0542. The molecule has 7 nitrogen and oxygen atoms in total. The largest absolute Gasteiger partial charge is 0.497 e. The summed E-state index contributed by atoms with van der Waals surface area (Å²) in [6.45, 7) is 0.537. The van der Waals surface area contributed by atoms with E-state index < -0.39 is 6.09 Å². The summed E-state index contributed by atoms with van der Waals surface area (Å²) in [6, 6.07) is 6.93. The molecule has 1 fully saturated rings. The van der Waals surface area contributed by atoms with Crippen molar-refractivity contribution in [3.05, 3.63) is 24.3 Å². The van der Waals surface area contributed by atoms with Gasteiger partial charge in [0.15, 0.2) is 0 Å². The molecule has 20 heavy (non-hydrogen) atoms. The van der Waals surface area contributed by atoms with E-state index in [1.54, 1.807) is 31.4 Å². The number of amides is 2. The second-order valence-electron chi connectivity index (χ2n) is 4.40. The zero-order valence-corrected chi connectivity index (χ0v) is 11.2. The number of carbonyl (C=O) groups is 2. The Morgan fingerprint density at radius 1 is 1.50 bits per heavy atom. The highest BCUT2D eigenvalue weighted by Crippen LogP contribution is 2.15. The van der Waals surface area contributed by atoms with Gasteiger partial charge in [-0.25, -0.2) is 4.79 Å². The van der Waals surface area contributed by atoms with Crippen molar-refractivity contribution >= 4 is 17.7 Å². The predicted molar refractivity (Wildman–Crippen MR) is 72.5 cm³/mol. The fourth-order valence-electron chi connectivity index (χ4n) is 1.87. The van der Waals surface area contributed by atoms with Crippen LogP contribution in [0.5, 0.6) is 5.75 Å². The molecule has 0 bridgehead atoms. The quantitative estimate of drug-likeness (QED) is 0.814. The first-order valence-electron chi connectivity index (χ1n) is 6.22. The van der Waals surface area contributed by atoms with Crippen molar-refractivity contribution in [3.8, 4) is 5.75 Å². The third kappa shape index (κ3) is 3.39. The van der Waals surface area contributed by atoms with E-state index in [2.05, 4.69) is 5.32 Å². The number of benzene rings is 1. The second-order valence-corrected chi connectivity index (χ2v) is 4.40. The Hall–Kier alpha value is -2.28. The van der Waals surface area contributed by atoms with Gasteiger partial charge in [0.05, 0.1) is 13.7 Å². The summed E-state index contributed by atoms with van der Waals surface area (Å²) >= 11 is 0. The van der Waals surface area contributed by atoms with Crippen molar-refractivity contribution in [2.75, 3.05) is 32.1 Å². The minimum Gasteiger partial charge on any atom is -0.497 e. The molecule has 1 aliphatic heterocycles. The van der Waals surface area contributed by atoms with Crippen LogP contribution >= 0.6 is 0 Å². The molecule has 0 aliphatic carbocycles. The van der Waals surface area contributed by atoms with Gasteiger partial charge in [0.25, 0.3) is 0 Å². The van der Waals surface area contributed by atoms with Crippen LogP contribution in [0, 0.1) is 0 Å². The van der Waals surface area contributed by atoms with Crippen molar-refractivity contribution < 1.29 is 19.1 Å². The molecule has 1 aliphatic rings. The number of rotatable bonds is 5. The van der Waals surface area contributed by atoms with Crippen LogP contribution in [-0.2, 0) is 9.53 Å². The average molecular weight is 279 g/mol. The molecule has 7 heteroatoms. The minimum atomic E-state index is -0.509. The molecule has 1 saturated heterocycles. The number of nitrogens with zero attached hydrogens (tertiary/aromatic N) is 1. The molecule has 108 valence electrons. The molecule has 0 radical (unpaired) electrons. The molecular formula is C13H17N3O4. The molecule has 3 N–H and O–H groups in total. The van der Waals surface area contributed by atoms with Crippen LogP contribution in [0.4, 0.5) is 10.5 Å². The lowest BCUT2D eigenvalue weighted by Crippen LogP contribution is -2.35. The Labute approximate surface area is 116 Å². The maximum absolute atomic E-state index is 11.8. The zero-order chi connectivity index (χ0) is 14.5. The second kappa shape index (κ2) is 6.25. The average Bonchev–Trinajstić information content (AvgIpc) is 2.80. The molecule has 1 aromatic rings. The standard InChI is InChI=1S/C13H17N3O4/c1-19-10-4-2-9(3-5-10)15-12(17)8-16-7-11(6-14)20-13(16)18/h2-5,11H,6-8,14H2,1H3,(H,15,17). The third-order valence-electron chi connectivity index (χ3n) is 2.92. The van der Waals surface area contributed by atoms with Gasteiger partial charge in [-0.3, -0.25) is 9.69 Å². The van der Waals surface area contributed by atoms with Crippen molar-refractivity contribution in [2.24, 2.45) is 5.73 Å². The highest BCUT2D eigenvalue weighted by Gasteiger charge is 2.31. The van der Waals surface area contributed by atoms with Crippen LogP contribution in [-0.4, -0.2) is 49.7 Å². The lowest BCUT2D eigenvalue weighted by molar-refractivity contribution is -0.116. The predicted octanol–water partition coefficient (Wildman–Crippen LogP) is 0.413. The zero-order valence-electron chi connectivity index (χ0n) is 11.2. The molecule has 1 heterocycles. The van der Waals surface area contributed by atoms with Gasteiger partial charge in [-0.1, -0.05) is 0 Å². The topological polar surface area (TPSA) is 93.9 Å². The molecule has 2 rings (SSSR count). The number of nitrogens with one attached hydrogen (secondary N) is 1. The van der Waals surface area contributed by atoms with E-state index in [9.17, 15) is 9.59 Å². The highest BCUT2D eigenvalue weighted by atomic mass is 16.6. The van der Waals surface area contributed by atoms with Crippen molar-refractivity contribution in [1.82, 2.24) is 4.90 Å². The SMILES string of the molecule is COc1ccc(NC(=O)CN2CC(CN)OC2=O)cc1. The van der Waals surface area contributed by atoms with Crippen LogP contribution in [0.25, 0.3) is 0 Å². The van der Waals surface area contributed by atoms with Gasteiger partial charge in [0.1, 0.15) is 18.4 Å². The third-order valence-corrected chi connectivity index (χ3v) is 2.92. The van der Waals surface area contributed by atoms with Crippen LogP contribution < -0.4 is 15.8 Å². The first kappa shape index (κ1) is 14.1. The van der Waals surface area contributed by atoms with E-state index in [1.165, 1.54) is 4.90 Å². The van der Waals surface area contributed by atoms with Crippen LogP contribution in [0.15, 0.2) is 24.3 Å². The molecule has 2 amide bonds. The van der Waals surface area contributed by atoms with Gasteiger partial charge in [0.2, 0.25) is 5.91 Å². The molecule has 0 saturated carbocycles. The summed E-state index contributed by atoms with van der Waals surface area (Å²) in [7, 11) is 1.57. The highest BCUT2D eigenvalue weighted by molar-refractivity contribution is 5.94. The summed E-state index contributed by atoms with van der Waals surface area (Å²) in [4.78, 5) is 24.6. The van der Waals surface area contributed by atoms with Gasteiger partial charge >= 0.3 is 6.09 Å². The van der Waals surface area contributed by atoms with E-state index in [4.69, 9.17) is 15.2 Å². The molecule has 1 atom stereocenters. The number of hydrogen-bond acceptors (Lipinski definition) is 5. The summed E-state index contributed by atoms with van der Waals surface area (Å²) < 4.78 is 10.00. The summed E-state index contributed by atoms with van der Waals surface area (Å²) in [6.07, 6.45) is -0.846. The molecule has 1 unspecified atom stereocenters. The van der Waals surface area contributed by atoms with E-state index in [-0.39, 0.29) is 25.1 Å². The fraction of sp³-hybridized carbons (Fsp3) is 0.385. The molecule has 0 aromatic heterocycles. The van der Waals surface area contributed by atoms with Gasteiger partial charge < -0.3 is 20.5 Å². The van der Waals surface area contributed by atoms with E-state index in [0.717, 1.165) is 0 Å². The Balaban J connectivity index is 1.87. The summed E-state index contributed by atoms with van der Waals surface area (Å²) in [5.41, 5.74) is 6.06. The van der Waals surface area contributed by atoms with E-state index in [0.29, 0.717) is 18.0 Å². The number of hydrogen-bond donors (Lipinski definition) is 2. The summed E-state index contributed by atoms with van der Waals surface area (Å²) in [5, 5.41) is 2.70. The Morgan fingerprint density at radius 2 is 2.20 bits per heavy atom. The van der Waals surface area contributed by atoms with Gasteiger partial charge in [-0.15, -0.1) is 0 Å². The van der Waals surface area contributed by atoms with Gasteiger partial charge in [-0.05, 0) is 24.3 Å². The monoisotopic (exact) mass is 279 g/mol. The first-order valence-corrected chi connectivity index (χ1v) is 6.22. The fourth-order valence-corrected chi connectivity index (χ4v) is 1.87. The molecule has 0 spiro atoms. The summed E-state index contributed by atoms with van der Waals surface area (Å²) in [5.74, 6) is 0.418. The Morgan fingerprint density at radius 3 is 2.75 bits per heavy atom. The number of cyclic esters (lactones) is 1. The lowest BCUT2D eigenvalue weighted by Gasteiger charge is -2.12. The van der Waals surface area contributed by atoms with Crippen LogP contribution in [0.2, 0.25) is 0 Å². The number of nitrogens with two attached hydrogens (primary N) is 1. The van der Waals surface area contributed by atoms with E-state index >= 15 is 0 Å². The smallest absolute Gasteiger partial charge is 0.410 e. The van der Waals surface area contributed by atoms with Crippen molar-refractivity contribution in [1.29, 1.82) is 0 Å². The maximum Gasteiger partial charge on any atom is 0.410 e. The first-order chi connectivity index (χ1) is 9.62. The Kier molecular flexibility index (Phi) is 4.41. The maximum atomic E-state index is 11.8. The van der Waals surface area contributed by atoms with Crippen molar-refractivity contribution in [3.63, 3.8) is 0 Å². The number of carbonyl (C=O) groups excluding carboxylic acids is 2. The lowest BCUT2D eigenvalue weighted by atomic mass is 10.3. The molecular weight excluding hydrogens is 262 g/mol. The number of ether oxygens (including phenoxy) is 2. The van der Waals surface area contributed by atoms with Crippen molar-refractivity contribution in [2.45, 2.75) is 6.10 Å². The van der Waals surface area contributed by atoms with Gasteiger partial charge in [0, 0.05) is 12.2 Å². The number of methoxy groups -OCH3 is 1. The van der Waals surface area contributed by atoms with Gasteiger partial charge in [-0.2, -0.15) is 0 Å². The Bertz CT molecular complexity index is 489. The van der Waals surface area contributed by atoms with E-state index in [1.807, 2.05) is 0 Å². The molecule has 1 aromatic carbocycles.